The summed E-state index contributed by atoms with van der Waals surface area (Å²) in [5.41, 5.74) is 0.196. The standard InChI is InChI=1S/C17H17N3O7S2/c1-27-14-7-4-12(20-16(21)8-9-17(20)22)10-15(14)29(25,26)19-11-2-5-13(6-3-11)28(18,23)24/h2-7,10,19H,8-9H2,1H3,(H2,18,23,24). The first-order valence-electron chi connectivity index (χ1n) is 8.22. The first-order valence-corrected chi connectivity index (χ1v) is 11.3. The van der Waals surface area contributed by atoms with Crippen molar-refractivity contribution in [3.8, 4) is 5.75 Å². The molecule has 1 aliphatic rings. The molecular formula is C17H17N3O7S2. The number of amides is 2. The molecule has 12 heteroatoms. The molecular weight excluding hydrogens is 422 g/mol. The van der Waals surface area contributed by atoms with Crippen LogP contribution >= 0.6 is 0 Å². The van der Waals surface area contributed by atoms with E-state index in [1.165, 1.54) is 37.4 Å². The Morgan fingerprint density at radius 3 is 2.07 bits per heavy atom. The maximum atomic E-state index is 12.9. The summed E-state index contributed by atoms with van der Waals surface area (Å²) < 4.78 is 55.8. The van der Waals surface area contributed by atoms with Crippen LogP contribution in [0.5, 0.6) is 5.75 Å². The maximum Gasteiger partial charge on any atom is 0.265 e. The van der Waals surface area contributed by atoms with Crippen molar-refractivity contribution >= 4 is 43.2 Å². The summed E-state index contributed by atoms with van der Waals surface area (Å²) in [5.74, 6) is -0.841. The van der Waals surface area contributed by atoms with Gasteiger partial charge in [0.05, 0.1) is 17.7 Å². The Balaban J connectivity index is 1.98. The predicted molar refractivity (Wildman–Crippen MR) is 103 cm³/mol. The molecule has 0 atom stereocenters. The second-order valence-electron chi connectivity index (χ2n) is 6.13. The number of primary sulfonamides is 1. The van der Waals surface area contributed by atoms with Crippen LogP contribution in [-0.4, -0.2) is 35.8 Å². The third-order valence-electron chi connectivity index (χ3n) is 4.18. The first kappa shape index (κ1) is 20.8. The summed E-state index contributed by atoms with van der Waals surface area (Å²) in [5, 5.41) is 5.02. The van der Waals surface area contributed by atoms with Crippen LogP contribution in [0, 0.1) is 0 Å². The van der Waals surface area contributed by atoms with Crippen LogP contribution in [0.4, 0.5) is 11.4 Å². The molecule has 1 saturated heterocycles. The van der Waals surface area contributed by atoms with Crippen molar-refractivity contribution in [1.29, 1.82) is 0 Å². The molecule has 1 fully saturated rings. The van der Waals surface area contributed by atoms with E-state index in [0.717, 1.165) is 17.0 Å². The molecule has 154 valence electrons. The zero-order valence-electron chi connectivity index (χ0n) is 15.2. The number of ether oxygens (including phenoxy) is 1. The molecule has 1 aliphatic heterocycles. The van der Waals surface area contributed by atoms with Crippen LogP contribution in [0.1, 0.15) is 12.8 Å². The second-order valence-corrected chi connectivity index (χ2v) is 9.35. The molecule has 0 spiro atoms. The first-order chi connectivity index (χ1) is 13.5. The molecule has 0 aliphatic carbocycles. The van der Waals surface area contributed by atoms with E-state index in [9.17, 15) is 26.4 Å². The van der Waals surface area contributed by atoms with Gasteiger partial charge in [-0.3, -0.25) is 19.2 Å². The Hall–Kier alpha value is -2.96. The second kappa shape index (κ2) is 7.46. The lowest BCUT2D eigenvalue weighted by molar-refractivity contribution is -0.121. The number of benzene rings is 2. The number of nitrogens with one attached hydrogen (secondary N) is 1. The Kier molecular flexibility index (Phi) is 5.34. The van der Waals surface area contributed by atoms with Crippen molar-refractivity contribution in [3.63, 3.8) is 0 Å². The van der Waals surface area contributed by atoms with Crippen LogP contribution < -0.4 is 19.5 Å². The number of hydrogen-bond donors (Lipinski definition) is 2. The number of nitrogens with zero attached hydrogens (tertiary/aromatic N) is 1. The largest absolute Gasteiger partial charge is 0.495 e. The number of methoxy groups -OCH3 is 1. The average Bonchev–Trinajstić information content (AvgIpc) is 2.99. The van der Waals surface area contributed by atoms with Gasteiger partial charge >= 0.3 is 0 Å². The van der Waals surface area contributed by atoms with Gasteiger partial charge in [-0.25, -0.2) is 22.0 Å². The molecule has 2 aromatic rings. The molecule has 29 heavy (non-hydrogen) atoms. The third kappa shape index (κ3) is 4.23. The van der Waals surface area contributed by atoms with Gasteiger partial charge in [-0.2, -0.15) is 0 Å². The van der Waals surface area contributed by atoms with Crippen LogP contribution in [0.15, 0.2) is 52.3 Å². The molecule has 0 aromatic heterocycles. The van der Waals surface area contributed by atoms with Crippen LogP contribution in [0.25, 0.3) is 0 Å². The van der Waals surface area contributed by atoms with Gasteiger partial charge in [0.2, 0.25) is 21.8 Å². The summed E-state index contributed by atoms with van der Waals surface area (Å²) in [6.45, 7) is 0. The van der Waals surface area contributed by atoms with Crippen LogP contribution in [-0.2, 0) is 29.6 Å². The highest BCUT2D eigenvalue weighted by Crippen LogP contribution is 2.32. The normalized spacial score (nSPS) is 14.9. The van der Waals surface area contributed by atoms with Gasteiger partial charge in [-0.15, -0.1) is 0 Å². The highest BCUT2D eigenvalue weighted by molar-refractivity contribution is 7.92. The molecule has 2 amide bonds. The monoisotopic (exact) mass is 439 g/mol. The Morgan fingerprint density at radius 2 is 1.55 bits per heavy atom. The molecule has 0 radical (unpaired) electrons. The van der Waals surface area contributed by atoms with Gasteiger partial charge in [0, 0.05) is 18.5 Å². The number of nitrogens with two attached hydrogens (primary N) is 1. The van der Waals surface area contributed by atoms with Crippen molar-refractivity contribution in [2.24, 2.45) is 5.14 Å². The van der Waals surface area contributed by atoms with Gasteiger partial charge < -0.3 is 4.74 Å². The van der Waals surface area contributed by atoms with Gasteiger partial charge in [0.15, 0.2) is 0 Å². The lowest BCUT2D eigenvalue weighted by Crippen LogP contribution is -2.28. The molecule has 2 aromatic carbocycles. The van der Waals surface area contributed by atoms with Gasteiger partial charge in [0.1, 0.15) is 10.6 Å². The lowest BCUT2D eigenvalue weighted by Gasteiger charge is -2.17. The summed E-state index contributed by atoms with van der Waals surface area (Å²) in [6, 6.07) is 8.71. The predicted octanol–water partition coefficient (Wildman–Crippen LogP) is 0.797. The summed E-state index contributed by atoms with van der Waals surface area (Å²) in [4.78, 5) is 24.4. The highest BCUT2D eigenvalue weighted by Gasteiger charge is 2.32. The van der Waals surface area contributed by atoms with Crippen LogP contribution in [0.2, 0.25) is 0 Å². The van der Waals surface area contributed by atoms with E-state index in [4.69, 9.17) is 9.88 Å². The number of rotatable bonds is 6. The molecule has 3 rings (SSSR count). The van der Waals surface area contributed by atoms with Crippen molar-refractivity contribution < 1.29 is 31.2 Å². The molecule has 10 nitrogen and oxygen atoms in total. The van der Waals surface area contributed by atoms with E-state index in [2.05, 4.69) is 4.72 Å². The summed E-state index contributed by atoms with van der Waals surface area (Å²) in [6.07, 6.45) is 0.114. The lowest BCUT2D eigenvalue weighted by atomic mass is 10.2. The minimum absolute atomic E-state index is 0.00139. The van der Waals surface area contributed by atoms with Gasteiger partial charge in [-0.1, -0.05) is 0 Å². The maximum absolute atomic E-state index is 12.9. The Labute approximate surface area is 167 Å². The number of imide groups is 1. The molecule has 0 unspecified atom stereocenters. The number of carbonyl (C=O) groups excluding carboxylic acids is 2. The average molecular weight is 439 g/mol. The summed E-state index contributed by atoms with van der Waals surface area (Å²) >= 11 is 0. The Bertz CT molecular complexity index is 1170. The zero-order chi connectivity index (χ0) is 21.4. The highest BCUT2D eigenvalue weighted by atomic mass is 32.2. The molecule has 0 bridgehead atoms. The van der Waals surface area contributed by atoms with Gasteiger partial charge in [-0.05, 0) is 42.5 Å². The SMILES string of the molecule is COc1ccc(N2C(=O)CCC2=O)cc1S(=O)(=O)Nc1ccc(S(N)(=O)=O)cc1. The molecule has 0 saturated carbocycles. The smallest absolute Gasteiger partial charge is 0.265 e. The molecule has 1 heterocycles. The van der Waals surface area contributed by atoms with Crippen molar-refractivity contribution in [1.82, 2.24) is 0 Å². The summed E-state index contributed by atoms with van der Waals surface area (Å²) in [7, 11) is -6.84. The Morgan fingerprint density at radius 1 is 0.966 bits per heavy atom. The van der Waals surface area contributed by atoms with E-state index in [0.29, 0.717) is 0 Å². The van der Waals surface area contributed by atoms with Crippen molar-refractivity contribution in [2.75, 3.05) is 16.7 Å². The topological polar surface area (TPSA) is 153 Å². The number of sulfonamides is 2. The minimum atomic E-state index is -4.20. The van der Waals surface area contributed by atoms with E-state index in [1.54, 1.807) is 0 Å². The number of anilines is 2. The van der Waals surface area contributed by atoms with Crippen molar-refractivity contribution in [3.05, 3.63) is 42.5 Å². The fourth-order valence-electron chi connectivity index (χ4n) is 2.80. The van der Waals surface area contributed by atoms with Crippen molar-refractivity contribution in [2.45, 2.75) is 22.6 Å². The van der Waals surface area contributed by atoms with E-state index < -0.39 is 31.9 Å². The quantitative estimate of drug-likeness (QED) is 0.631. The van der Waals surface area contributed by atoms with E-state index in [-0.39, 0.29) is 39.8 Å². The van der Waals surface area contributed by atoms with Gasteiger partial charge in [0.25, 0.3) is 10.0 Å². The fourth-order valence-corrected chi connectivity index (χ4v) is 4.57. The van der Waals surface area contributed by atoms with E-state index >= 15 is 0 Å². The minimum Gasteiger partial charge on any atom is -0.495 e. The van der Waals surface area contributed by atoms with E-state index in [1.807, 2.05) is 0 Å². The number of carbonyl (C=O) groups is 2. The zero-order valence-corrected chi connectivity index (χ0v) is 16.8. The fraction of sp³-hybridized carbons (Fsp3) is 0.176. The third-order valence-corrected chi connectivity index (χ3v) is 6.51. The molecule has 3 N–H and O–H groups in total. The van der Waals surface area contributed by atoms with Crippen LogP contribution in [0.3, 0.4) is 0 Å². The number of hydrogen-bond acceptors (Lipinski definition) is 7.